The van der Waals surface area contributed by atoms with E-state index in [0.29, 0.717) is 0 Å². The number of hydrogen-bond acceptors (Lipinski definition) is 4. The van der Waals surface area contributed by atoms with Crippen molar-refractivity contribution in [2.75, 3.05) is 47.0 Å². The Kier molecular flexibility index (Phi) is 4.81. The van der Waals surface area contributed by atoms with Crippen molar-refractivity contribution >= 4 is 0 Å². The Labute approximate surface area is 86.2 Å². The SMILES string of the molecule is CNC1(CO)CCCN(CCOC)C1. The molecule has 0 spiro atoms. The summed E-state index contributed by atoms with van der Waals surface area (Å²) in [7, 11) is 3.65. The number of aliphatic hydroxyl groups excluding tert-OH is 1. The van der Waals surface area contributed by atoms with E-state index in [9.17, 15) is 5.11 Å². The van der Waals surface area contributed by atoms with E-state index in [1.807, 2.05) is 7.05 Å². The average molecular weight is 202 g/mol. The Hall–Kier alpha value is -0.160. The van der Waals surface area contributed by atoms with Gasteiger partial charge in [-0.1, -0.05) is 0 Å². The maximum Gasteiger partial charge on any atom is 0.0625 e. The van der Waals surface area contributed by atoms with Gasteiger partial charge in [-0.3, -0.25) is 4.90 Å². The highest BCUT2D eigenvalue weighted by Gasteiger charge is 2.32. The lowest BCUT2D eigenvalue weighted by atomic mass is 9.90. The number of ether oxygens (including phenoxy) is 1. The fourth-order valence-electron chi connectivity index (χ4n) is 2.05. The molecule has 1 aliphatic heterocycles. The maximum absolute atomic E-state index is 9.36. The number of methoxy groups -OCH3 is 1. The molecule has 4 nitrogen and oxygen atoms in total. The fraction of sp³-hybridized carbons (Fsp3) is 1.00. The molecular formula is C10H22N2O2. The van der Waals surface area contributed by atoms with Crippen molar-refractivity contribution in [3.8, 4) is 0 Å². The molecule has 0 aromatic heterocycles. The van der Waals surface area contributed by atoms with Crippen molar-refractivity contribution in [1.29, 1.82) is 0 Å². The Bertz CT molecular complexity index is 160. The molecule has 1 saturated heterocycles. The van der Waals surface area contributed by atoms with Crippen molar-refractivity contribution in [2.24, 2.45) is 0 Å². The van der Waals surface area contributed by atoms with Crippen LogP contribution < -0.4 is 5.32 Å². The highest BCUT2D eigenvalue weighted by molar-refractivity contribution is 4.93. The van der Waals surface area contributed by atoms with Crippen LogP contribution in [-0.4, -0.2) is 62.6 Å². The van der Waals surface area contributed by atoms with Crippen LogP contribution in [0.15, 0.2) is 0 Å². The molecule has 0 saturated carbocycles. The molecule has 0 aliphatic carbocycles. The van der Waals surface area contributed by atoms with E-state index >= 15 is 0 Å². The van der Waals surface area contributed by atoms with Crippen molar-refractivity contribution < 1.29 is 9.84 Å². The molecule has 1 atom stereocenters. The monoisotopic (exact) mass is 202 g/mol. The van der Waals surface area contributed by atoms with E-state index in [1.165, 1.54) is 0 Å². The lowest BCUT2D eigenvalue weighted by molar-refractivity contribution is 0.0565. The van der Waals surface area contributed by atoms with Crippen molar-refractivity contribution in [1.82, 2.24) is 10.2 Å². The first-order valence-electron chi connectivity index (χ1n) is 5.27. The van der Waals surface area contributed by atoms with E-state index in [0.717, 1.165) is 39.1 Å². The van der Waals surface area contributed by atoms with Crippen LogP contribution in [0.1, 0.15) is 12.8 Å². The second-order valence-corrected chi connectivity index (χ2v) is 4.06. The van der Waals surface area contributed by atoms with Gasteiger partial charge in [-0.25, -0.2) is 0 Å². The van der Waals surface area contributed by atoms with Crippen LogP contribution in [0.5, 0.6) is 0 Å². The van der Waals surface area contributed by atoms with Crippen LogP contribution in [0.25, 0.3) is 0 Å². The Morgan fingerprint density at radius 3 is 2.93 bits per heavy atom. The predicted octanol–water partition coefficient (Wildman–Crippen LogP) is -0.321. The zero-order valence-electron chi connectivity index (χ0n) is 9.25. The molecule has 1 fully saturated rings. The zero-order chi connectivity index (χ0) is 10.4. The van der Waals surface area contributed by atoms with Crippen LogP contribution in [0.4, 0.5) is 0 Å². The topological polar surface area (TPSA) is 44.7 Å². The molecule has 84 valence electrons. The smallest absolute Gasteiger partial charge is 0.0625 e. The minimum absolute atomic E-state index is 0.0913. The minimum atomic E-state index is -0.0913. The summed E-state index contributed by atoms with van der Waals surface area (Å²) >= 11 is 0. The van der Waals surface area contributed by atoms with Gasteiger partial charge in [-0.15, -0.1) is 0 Å². The summed E-state index contributed by atoms with van der Waals surface area (Å²) in [5.41, 5.74) is -0.0913. The molecule has 2 N–H and O–H groups in total. The van der Waals surface area contributed by atoms with Gasteiger partial charge in [0.2, 0.25) is 0 Å². The van der Waals surface area contributed by atoms with Crippen LogP contribution in [0, 0.1) is 0 Å². The fourth-order valence-corrected chi connectivity index (χ4v) is 2.05. The number of nitrogens with one attached hydrogen (secondary N) is 1. The summed E-state index contributed by atoms with van der Waals surface area (Å²) in [5.74, 6) is 0. The van der Waals surface area contributed by atoms with Crippen molar-refractivity contribution in [2.45, 2.75) is 18.4 Å². The highest BCUT2D eigenvalue weighted by atomic mass is 16.5. The maximum atomic E-state index is 9.36. The zero-order valence-corrected chi connectivity index (χ0v) is 9.25. The first-order valence-corrected chi connectivity index (χ1v) is 5.27. The molecule has 0 radical (unpaired) electrons. The number of likely N-dealkylation sites (N-methyl/N-ethyl adjacent to an activating group) is 1. The molecule has 0 aromatic carbocycles. The van der Waals surface area contributed by atoms with Gasteiger partial charge in [-0.05, 0) is 26.4 Å². The number of aliphatic hydroxyl groups is 1. The van der Waals surface area contributed by atoms with Gasteiger partial charge in [-0.2, -0.15) is 0 Å². The Balaban J connectivity index is 2.41. The van der Waals surface area contributed by atoms with Crippen molar-refractivity contribution in [3.05, 3.63) is 0 Å². The molecule has 4 heteroatoms. The largest absolute Gasteiger partial charge is 0.394 e. The van der Waals surface area contributed by atoms with E-state index in [-0.39, 0.29) is 12.1 Å². The quantitative estimate of drug-likeness (QED) is 0.641. The van der Waals surface area contributed by atoms with Gasteiger partial charge in [0.25, 0.3) is 0 Å². The third-order valence-corrected chi connectivity index (χ3v) is 3.10. The molecule has 14 heavy (non-hydrogen) atoms. The van der Waals surface area contributed by atoms with Gasteiger partial charge < -0.3 is 15.2 Å². The Morgan fingerprint density at radius 2 is 2.36 bits per heavy atom. The first kappa shape index (κ1) is 11.9. The van der Waals surface area contributed by atoms with Gasteiger partial charge in [0.15, 0.2) is 0 Å². The second-order valence-electron chi connectivity index (χ2n) is 4.06. The summed E-state index contributed by atoms with van der Waals surface area (Å²) in [6.45, 7) is 3.98. The molecule has 0 amide bonds. The Morgan fingerprint density at radius 1 is 1.57 bits per heavy atom. The van der Waals surface area contributed by atoms with Gasteiger partial charge in [0.1, 0.15) is 0 Å². The summed E-state index contributed by atoms with van der Waals surface area (Å²) in [6, 6.07) is 0. The number of hydrogen-bond donors (Lipinski definition) is 2. The summed E-state index contributed by atoms with van der Waals surface area (Å²) in [6.07, 6.45) is 2.20. The number of piperidine rings is 1. The number of nitrogens with zero attached hydrogens (tertiary/aromatic N) is 1. The molecule has 1 unspecified atom stereocenters. The minimum Gasteiger partial charge on any atom is -0.394 e. The van der Waals surface area contributed by atoms with E-state index in [2.05, 4.69) is 10.2 Å². The summed E-state index contributed by atoms with van der Waals surface area (Å²) < 4.78 is 5.06. The summed E-state index contributed by atoms with van der Waals surface area (Å²) in [5, 5.41) is 12.6. The normalized spacial score (nSPS) is 29.4. The van der Waals surface area contributed by atoms with Gasteiger partial charge in [0.05, 0.1) is 18.8 Å². The lowest BCUT2D eigenvalue weighted by Gasteiger charge is -2.41. The second kappa shape index (κ2) is 5.66. The predicted molar refractivity (Wildman–Crippen MR) is 56.4 cm³/mol. The number of rotatable bonds is 5. The molecule has 0 bridgehead atoms. The van der Waals surface area contributed by atoms with Gasteiger partial charge in [0, 0.05) is 20.2 Å². The molecular weight excluding hydrogens is 180 g/mol. The van der Waals surface area contributed by atoms with E-state index < -0.39 is 0 Å². The molecule has 1 aliphatic rings. The van der Waals surface area contributed by atoms with Crippen LogP contribution in [0.2, 0.25) is 0 Å². The van der Waals surface area contributed by atoms with Crippen LogP contribution in [-0.2, 0) is 4.74 Å². The third kappa shape index (κ3) is 2.92. The molecule has 0 aromatic rings. The third-order valence-electron chi connectivity index (χ3n) is 3.10. The standard InChI is InChI=1S/C10H22N2O2/c1-11-10(9-13)4-3-5-12(8-10)6-7-14-2/h11,13H,3-9H2,1-2H3. The number of likely N-dealkylation sites (tertiary alicyclic amines) is 1. The average Bonchev–Trinajstić information content (AvgIpc) is 2.26. The molecule has 1 rings (SSSR count). The van der Waals surface area contributed by atoms with Crippen LogP contribution >= 0.6 is 0 Å². The summed E-state index contributed by atoms with van der Waals surface area (Å²) in [4.78, 5) is 2.35. The molecule has 1 heterocycles. The highest BCUT2D eigenvalue weighted by Crippen LogP contribution is 2.19. The van der Waals surface area contributed by atoms with E-state index in [4.69, 9.17) is 4.74 Å². The van der Waals surface area contributed by atoms with Gasteiger partial charge >= 0.3 is 0 Å². The van der Waals surface area contributed by atoms with Crippen molar-refractivity contribution in [3.63, 3.8) is 0 Å². The lowest BCUT2D eigenvalue weighted by Crippen LogP contribution is -2.58. The van der Waals surface area contributed by atoms with Crippen LogP contribution in [0.3, 0.4) is 0 Å². The van der Waals surface area contributed by atoms with E-state index in [1.54, 1.807) is 7.11 Å². The first-order chi connectivity index (χ1) is 6.76.